The lowest BCUT2D eigenvalue weighted by Crippen LogP contribution is -2.26. The fourth-order valence-electron chi connectivity index (χ4n) is 1.92. The highest BCUT2D eigenvalue weighted by Crippen LogP contribution is 2.31. The maximum atomic E-state index is 9.53. The Kier molecular flexibility index (Phi) is 4.09. The minimum absolute atomic E-state index is 0.0160. The predicted octanol–water partition coefficient (Wildman–Crippen LogP) is 1.09. The van der Waals surface area contributed by atoms with E-state index in [0.29, 0.717) is 22.5 Å². The van der Waals surface area contributed by atoms with E-state index in [9.17, 15) is 15.3 Å². The van der Waals surface area contributed by atoms with Gasteiger partial charge in [0.15, 0.2) is 0 Å². The van der Waals surface area contributed by atoms with Crippen molar-refractivity contribution in [2.45, 2.75) is 13.2 Å². The molecule has 0 atom stereocenters. The lowest BCUT2D eigenvalue weighted by atomic mass is 10.1. The second-order valence-electron chi connectivity index (χ2n) is 4.31. The monoisotopic (exact) mass is 276 g/mol. The van der Waals surface area contributed by atoms with Gasteiger partial charge in [-0.3, -0.25) is 5.01 Å². The van der Waals surface area contributed by atoms with Crippen LogP contribution in [-0.4, -0.2) is 20.4 Å². The average Bonchev–Trinajstić information content (AvgIpc) is 2.46. The van der Waals surface area contributed by atoms with Crippen LogP contribution in [0.3, 0.4) is 0 Å². The first-order valence-corrected chi connectivity index (χ1v) is 5.97. The number of nitrogens with two attached hydrogens (primary N) is 1. The number of rotatable bonds is 4. The van der Waals surface area contributed by atoms with Crippen molar-refractivity contribution in [2.75, 3.05) is 5.01 Å². The summed E-state index contributed by atoms with van der Waals surface area (Å²) in [7, 11) is 0. The zero-order valence-electron chi connectivity index (χ0n) is 10.7. The summed E-state index contributed by atoms with van der Waals surface area (Å²) in [6.07, 6.45) is 0. The van der Waals surface area contributed by atoms with Crippen LogP contribution in [0, 0.1) is 0 Å². The van der Waals surface area contributed by atoms with Gasteiger partial charge in [0.1, 0.15) is 11.5 Å². The molecule has 2 rings (SSSR count). The first-order valence-electron chi connectivity index (χ1n) is 5.97. The number of hydrogen-bond acceptors (Lipinski definition) is 6. The largest absolute Gasteiger partial charge is 0.508 e. The Bertz CT molecular complexity index is 616. The van der Waals surface area contributed by atoms with Crippen LogP contribution in [0.4, 0.5) is 11.4 Å². The number of phenolic OH excluding ortho intramolecular Hbond substituents is 1. The lowest BCUT2D eigenvalue weighted by molar-refractivity contribution is 0.275. The van der Waals surface area contributed by atoms with E-state index in [0.717, 1.165) is 0 Å². The third-order valence-electron chi connectivity index (χ3n) is 3.00. The summed E-state index contributed by atoms with van der Waals surface area (Å²) >= 11 is 0. The minimum atomic E-state index is -0.310. The first kappa shape index (κ1) is 14.1. The van der Waals surface area contributed by atoms with E-state index in [1.165, 1.54) is 23.2 Å². The van der Waals surface area contributed by atoms with Gasteiger partial charge in [-0.05, 0) is 36.4 Å². The number of nitrogens with zero attached hydrogens (tertiary/aromatic N) is 1. The second-order valence-corrected chi connectivity index (χ2v) is 4.31. The molecule has 106 valence electrons. The maximum absolute atomic E-state index is 9.53. The molecule has 20 heavy (non-hydrogen) atoms. The Balaban J connectivity index is 2.43. The fourth-order valence-corrected chi connectivity index (χ4v) is 1.92. The molecule has 0 saturated carbocycles. The molecule has 0 radical (unpaired) electrons. The maximum Gasteiger partial charge on any atom is 0.121 e. The van der Waals surface area contributed by atoms with E-state index < -0.39 is 0 Å². The number of aliphatic hydroxyl groups is 2. The summed E-state index contributed by atoms with van der Waals surface area (Å²) in [5.41, 5.74) is 1.86. The Morgan fingerprint density at radius 3 is 2.25 bits per heavy atom. The third-order valence-corrected chi connectivity index (χ3v) is 3.00. The van der Waals surface area contributed by atoms with E-state index in [1.807, 2.05) is 0 Å². The fraction of sp³-hybridized carbons (Fsp3) is 0.143. The van der Waals surface area contributed by atoms with Crippen LogP contribution >= 0.6 is 0 Å². The zero-order chi connectivity index (χ0) is 14.7. The van der Waals surface area contributed by atoms with E-state index in [-0.39, 0.29) is 24.7 Å². The lowest BCUT2D eigenvalue weighted by Gasteiger charge is -2.22. The molecule has 0 unspecified atom stereocenters. The van der Waals surface area contributed by atoms with Crippen molar-refractivity contribution >= 4 is 11.4 Å². The number of phenols is 2. The average molecular weight is 276 g/mol. The van der Waals surface area contributed by atoms with Crippen LogP contribution in [0.15, 0.2) is 36.4 Å². The molecule has 2 aromatic carbocycles. The molecule has 0 aliphatic rings. The van der Waals surface area contributed by atoms with Crippen LogP contribution in [0.25, 0.3) is 0 Å². The summed E-state index contributed by atoms with van der Waals surface area (Å²) in [5, 5.41) is 38.7. The van der Waals surface area contributed by atoms with Gasteiger partial charge in [-0.15, -0.1) is 0 Å². The summed E-state index contributed by atoms with van der Waals surface area (Å²) < 4.78 is 0. The number of hydrazine groups is 1. The van der Waals surface area contributed by atoms with Crippen molar-refractivity contribution in [3.63, 3.8) is 0 Å². The molecule has 6 N–H and O–H groups in total. The third kappa shape index (κ3) is 2.67. The molecule has 0 bridgehead atoms. The van der Waals surface area contributed by atoms with Crippen LogP contribution in [0.5, 0.6) is 11.5 Å². The molecule has 2 aromatic rings. The molecule has 0 aliphatic carbocycles. The summed E-state index contributed by atoms with van der Waals surface area (Å²) in [5.74, 6) is 6.01. The zero-order valence-corrected chi connectivity index (χ0v) is 10.7. The Labute approximate surface area is 115 Å². The van der Waals surface area contributed by atoms with E-state index in [4.69, 9.17) is 10.9 Å². The second kappa shape index (κ2) is 5.79. The van der Waals surface area contributed by atoms with Crippen LogP contribution in [0.1, 0.15) is 11.1 Å². The van der Waals surface area contributed by atoms with Crippen molar-refractivity contribution in [3.8, 4) is 11.5 Å². The molecule has 0 amide bonds. The van der Waals surface area contributed by atoms with Crippen molar-refractivity contribution < 1.29 is 20.4 Å². The molecule has 0 heterocycles. The SMILES string of the molecule is NN(c1ccc(O)c(CO)c1)c1ccc(O)cc1CO. The molecule has 6 heteroatoms. The van der Waals surface area contributed by atoms with Crippen molar-refractivity contribution in [2.24, 2.45) is 5.84 Å². The van der Waals surface area contributed by atoms with Gasteiger partial charge in [-0.2, -0.15) is 0 Å². The molecule has 0 aliphatic heterocycles. The number of aliphatic hydroxyl groups excluding tert-OH is 2. The van der Waals surface area contributed by atoms with Crippen LogP contribution in [0.2, 0.25) is 0 Å². The molecular weight excluding hydrogens is 260 g/mol. The molecule has 0 fully saturated rings. The van der Waals surface area contributed by atoms with Gasteiger partial charge in [-0.25, -0.2) is 5.84 Å². The Hall–Kier alpha value is -2.28. The first-order chi connectivity index (χ1) is 9.56. The predicted molar refractivity (Wildman–Crippen MR) is 74.4 cm³/mol. The highest BCUT2D eigenvalue weighted by atomic mass is 16.3. The van der Waals surface area contributed by atoms with Crippen molar-refractivity contribution in [1.29, 1.82) is 0 Å². The van der Waals surface area contributed by atoms with Gasteiger partial charge >= 0.3 is 0 Å². The highest BCUT2D eigenvalue weighted by Gasteiger charge is 2.12. The number of anilines is 2. The standard InChI is InChI=1S/C14H16N2O4/c15-16(11-1-4-14(20)10(5-11)8-18)13-3-2-12(19)6-9(13)7-17/h1-6,17-20H,7-8,15H2. The van der Waals surface area contributed by atoms with Crippen molar-refractivity contribution in [3.05, 3.63) is 47.5 Å². The number of benzene rings is 2. The normalized spacial score (nSPS) is 10.6. The molecular formula is C14H16N2O4. The van der Waals surface area contributed by atoms with Crippen LogP contribution in [-0.2, 0) is 13.2 Å². The van der Waals surface area contributed by atoms with Gasteiger partial charge in [0, 0.05) is 11.1 Å². The number of hydrogen-bond donors (Lipinski definition) is 5. The molecule has 0 saturated heterocycles. The topological polar surface area (TPSA) is 110 Å². The van der Waals surface area contributed by atoms with Gasteiger partial charge in [0.2, 0.25) is 0 Å². The minimum Gasteiger partial charge on any atom is -0.508 e. The van der Waals surface area contributed by atoms with Gasteiger partial charge < -0.3 is 20.4 Å². The van der Waals surface area contributed by atoms with E-state index in [1.54, 1.807) is 18.2 Å². The van der Waals surface area contributed by atoms with Crippen molar-refractivity contribution in [1.82, 2.24) is 0 Å². The van der Waals surface area contributed by atoms with Gasteiger partial charge in [0.05, 0.1) is 24.6 Å². The van der Waals surface area contributed by atoms with Gasteiger partial charge in [0.25, 0.3) is 0 Å². The Morgan fingerprint density at radius 2 is 1.60 bits per heavy atom. The summed E-state index contributed by atoms with van der Waals surface area (Å²) in [4.78, 5) is 0. The summed E-state index contributed by atoms with van der Waals surface area (Å²) in [6, 6.07) is 9.02. The van der Waals surface area contributed by atoms with Gasteiger partial charge in [-0.1, -0.05) is 0 Å². The van der Waals surface area contributed by atoms with Crippen LogP contribution < -0.4 is 10.9 Å². The number of aromatic hydroxyl groups is 2. The highest BCUT2D eigenvalue weighted by molar-refractivity contribution is 5.67. The van der Waals surface area contributed by atoms with E-state index in [2.05, 4.69) is 0 Å². The van der Waals surface area contributed by atoms with E-state index >= 15 is 0 Å². The molecule has 0 aromatic heterocycles. The molecule has 6 nitrogen and oxygen atoms in total. The summed E-state index contributed by atoms with van der Waals surface area (Å²) in [6.45, 7) is -0.585. The smallest absolute Gasteiger partial charge is 0.121 e. The molecule has 0 spiro atoms. The Morgan fingerprint density at radius 1 is 0.900 bits per heavy atom. The quantitative estimate of drug-likeness (QED) is 0.422.